The molecule has 8 heteroatoms. The average Bonchev–Trinajstić information content (AvgIpc) is 2.95. The van der Waals surface area contributed by atoms with E-state index in [2.05, 4.69) is 0 Å². The SMILES string of the molecule is O=P(CP(=O)(OCc1ccccc1)OCc1ccccc1)(OCc1ccccc1)OCc1ccccc1. The van der Waals surface area contributed by atoms with Crippen molar-refractivity contribution in [3.05, 3.63) is 144 Å². The average molecular weight is 537 g/mol. The quantitative estimate of drug-likeness (QED) is 0.151. The van der Waals surface area contributed by atoms with Gasteiger partial charge in [0.2, 0.25) is 0 Å². The molecule has 0 atom stereocenters. The van der Waals surface area contributed by atoms with Crippen LogP contribution in [0.4, 0.5) is 0 Å². The molecule has 0 saturated heterocycles. The molecule has 0 aliphatic rings. The van der Waals surface area contributed by atoms with Gasteiger partial charge >= 0.3 is 15.2 Å². The molecule has 0 N–H and O–H groups in total. The summed E-state index contributed by atoms with van der Waals surface area (Å²) in [7, 11) is -7.85. The van der Waals surface area contributed by atoms with Gasteiger partial charge < -0.3 is 18.1 Å². The van der Waals surface area contributed by atoms with Crippen LogP contribution in [0.5, 0.6) is 0 Å². The zero-order valence-electron chi connectivity index (χ0n) is 20.4. The molecule has 37 heavy (non-hydrogen) atoms. The Labute approximate surface area is 218 Å². The van der Waals surface area contributed by atoms with Crippen molar-refractivity contribution >= 4 is 15.2 Å². The van der Waals surface area contributed by atoms with Crippen LogP contribution in [0, 0.1) is 0 Å². The fraction of sp³-hybridized carbons (Fsp3) is 0.172. The Balaban J connectivity index is 1.54. The molecule has 4 aromatic rings. The van der Waals surface area contributed by atoms with Crippen LogP contribution in [0.15, 0.2) is 121 Å². The summed E-state index contributed by atoms with van der Waals surface area (Å²) in [6, 6.07) is 37.4. The number of rotatable bonds is 14. The maximum Gasteiger partial charge on any atom is 0.343 e. The van der Waals surface area contributed by atoms with Crippen LogP contribution >= 0.6 is 15.2 Å². The molecular weight excluding hydrogens is 506 g/mol. The van der Waals surface area contributed by atoms with Gasteiger partial charge in [-0.2, -0.15) is 0 Å². The highest BCUT2D eigenvalue weighted by atomic mass is 31.2. The summed E-state index contributed by atoms with van der Waals surface area (Å²) in [6.45, 7) is 0.128. The first-order valence-corrected chi connectivity index (χ1v) is 15.4. The summed E-state index contributed by atoms with van der Waals surface area (Å²) in [5.41, 5.74) is 3.26. The van der Waals surface area contributed by atoms with Crippen LogP contribution in [0.3, 0.4) is 0 Å². The smallest absolute Gasteiger partial charge is 0.303 e. The van der Waals surface area contributed by atoms with Gasteiger partial charge in [0, 0.05) is 0 Å². The molecule has 0 unspecified atom stereocenters. The minimum Gasteiger partial charge on any atom is -0.303 e. The Morgan fingerprint density at radius 3 is 0.811 bits per heavy atom. The lowest BCUT2D eigenvalue weighted by atomic mass is 10.2. The number of hydrogen-bond acceptors (Lipinski definition) is 6. The first-order chi connectivity index (χ1) is 18.0. The van der Waals surface area contributed by atoms with Crippen molar-refractivity contribution in [3.63, 3.8) is 0 Å². The van der Waals surface area contributed by atoms with Gasteiger partial charge in [-0.25, -0.2) is 0 Å². The lowest BCUT2D eigenvalue weighted by Crippen LogP contribution is -2.07. The van der Waals surface area contributed by atoms with E-state index in [1.54, 1.807) is 0 Å². The number of benzene rings is 4. The lowest BCUT2D eigenvalue weighted by molar-refractivity contribution is 0.177. The maximum atomic E-state index is 14.0. The van der Waals surface area contributed by atoms with Crippen molar-refractivity contribution in [2.45, 2.75) is 26.4 Å². The van der Waals surface area contributed by atoms with E-state index in [0.29, 0.717) is 0 Å². The Bertz CT molecular complexity index is 1100. The molecule has 0 heterocycles. The second kappa shape index (κ2) is 13.6. The highest BCUT2D eigenvalue weighted by Crippen LogP contribution is 2.65. The van der Waals surface area contributed by atoms with E-state index in [4.69, 9.17) is 18.1 Å². The monoisotopic (exact) mass is 536 g/mol. The van der Waals surface area contributed by atoms with Gasteiger partial charge in [0.25, 0.3) is 0 Å². The molecule has 4 rings (SSSR count). The van der Waals surface area contributed by atoms with Gasteiger partial charge in [-0.3, -0.25) is 9.13 Å². The number of hydrogen-bond donors (Lipinski definition) is 0. The van der Waals surface area contributed by atoms with Gasteiger partial charge in [0.15, 0.2) is 5.90 Å². The van der Waals surface area contributed by atoms with Crippen LogP contribution in [-0.2, 0) is 53.7 Å². The van der Waals surface area contributed by atoms with Crippen LogP contribution in [0.1, 0.15) is 22.3 Å². The summed E-state index contributed by atoms with van der Waals surface area (Å²) in [5, 5.41) is 0. The van der Waals surface area contributed by atoms with E-state index >= 15 is 0 Å². The molecule has 0 aromatic heterocycles. The first-order valence-electron chi connectivity index (χ1n) is 11.9. The zero-order chi connectivity index (χ0) is 25.8. The van der Waals surface area contributed by atoms with Crippen molar-refractivity contribution in [1.82, 2.24) is 0 Å². The molecule has 0 bridgehead atoms. The zero-order valence-corrected chi connectivity index (χ0v) is 22.2. The highest BCUT2D eigenvalue weighted by molar-refractivity contribution is 7.71. The molecular formula is C29H30O6P2. The Hall–Kier alpha value is -2.82. The summed E-state index contributed by atoms with van der Waals surface area (Å²) in [4.78, 5) is 0. The molecule has 4 aromatic carbocycles. The maximum absolute atomic E-state index is 14.0. The Morgan fingerprint density at radius 2 is 0.595 bits per heavy atom. The van der Waals surface area contributed by atoms with Gasteiger partial charge in [-0.05, 0) is 22.3 Å². The largest absolute Gasteiger partial charge is 0.343 e. The van der Waals surface area contributed by atoms with Crippen LogP contribution in [-0.4, -0.2) is 5.90 Å². The van der Waals surface area contributed by atoms with Gasteiger partial charge in [0.1, 0.15) is 0 Å². The fourth-order valence-electron chi connectivity index (χ4n) is 3.44. The van der Waals surface area contributed by atoms with E-state index in [9.17, 15) is 9.13 Å². The second-order valence-corrected chi connectivity index (χ2v) is 13.0. The summed E-state index contributed by atoms with van der Waals surface area (Å²) in [5.74, 6) is -0.515. The van der Waals surface area contributed by atoms with E-state index in [1.807, 2.05) is 121 Å². The minimum absolute atomic E-state index is 0.0320. The summed E-state index contributed by atoms with van der Waals surface area (Å²) in [6.07, 6.45) is 0. The summed E-state index contributed by atoms with van der Waals surface area (Å²) >= 11 is 0. The van der Waals surface area contributed by atoms with Crippen LogP contribution in [0.2, 0.25) is 0 Å². The Kier molecular flexibility index (Phi) is 10.0. The topological polar surface area (TPSA) is 71.1 Å². The molecule has 0 radical (unpaired) electrons. The normalized spacial score (nSPS) is 11.9. The predicted molar refractivity (Wildman–Crippen MR) is 145 cm³/mol. The predicted octanol–water partition coefficient (Wildman–Crippen LogP) is 8.20. The molecule has 0 saturated carbocycles. The van der Waals surface area contributed by atoms with Crippen LogP contribution < -0.4 is 0 Å². The standard InChI is InChI=1S/C29H30O6P2/c30-36(32-21-26-13-5-1-6-14-26,33-22-27-15-7-2-8-16-27)25-37(31,34-23-28-17-9-3-10-18-28)35-24-29-19-11-4-12-20-29/h1-20H,21-25H2. The molecule has 0 aliphatic heterocycles. The third kappa shape index (κ3) is 9.21. The van der Waals surface area contributed by atoms with Gasteiger partial charge in [-0.1, -0.05) is 121 Å². The van der Waals surface area contributed by atoms with Crippen molar-refractivity contribution in [2.75, 3.05) is 5.90 Å². The molecule has 0 fully saturated rings. The lowest BCUT2D eigenvalue weighted by Gasteiger charge is -2.24. The van der Waals surface area contributed by atoms with Crippen molar-refractivity contribution in [3.8, 4) is 0 Å². The van der Waals surface area contributed by atoms with Crippen molar-refractivity contribution < 1.29 is 27.2 Å². The third-order valence-corrected chi connectivity index (χ3v) is 10.3. The third-order valence-electron chi connectivity index (χ3n) is 5.43. The molecule has 0 aliphatic carbocycles. The van der Waals surface area contributed by atoms with Crippen molar-refractivity contribution in [2.24, 2.45) is 0 Å². The van der Waals surface area contributed by atoms with Crippen LogP contribution in [0.25, 0.3) is 0 Å². The van der Waals surface area contributed by atoms with E-state index < -0.39 is 21.1 Å². The Morgan fingerprint density at radius 1 is 0.378 bits per heavy atom. The molecule has 0 spiro atoms. The fourth-order valence-corrected chi connectivity index (χ4v) is 7.97. The molecule has 0 amide bonds. The van der Waals surface area contributed by atoms with E-state index in [0.717, 1.165) is 22.3 Å². The highest BCUT2D eigenvalue weighted by Gasteiger charge is 2.39. The van der Waals surface area contributed by atoms with Gasteiger partial charge in [-0.15, -0.1) is 0 Å². The first kappa shape index (κ1) is 27.2. The molecule has 192 valence electrons. The molecule has 6 nitrogen and oxygen atoms in total. The summed E-state index contributed by atoms with van der Waals surface area (Å²) < 4.78 is 51.4. The van der Waals surface area contributed by atoms with Gasteiger partial charge in [0.05, 0.1) is 26.4 Å². The van der Waals surface area contributed by atoms with E-state index in [1.165, 1.54) is 0 Å². The minimum atomic E-state index is -3.93. The van der Waals surface area contributed by atoms with E-state index in [-0.39, 0.29) is 26.4 Å². The van der Waals surface area contributed by atoms with Crippen molar-refractivity contribution in [1.29, 1.82) is 0 Å². The second-order valence-electron chi connectivity index (χ2n) is 8.40.